The molecule has 0 aliphatic carbocycles. The summed E-state index contributed by atoms with van der Waals surface area (Å²) in [6, 6.07) is 0. The van der Waals surface area contributed by atoms with Crippen molar-refractivity contribution < 1.29 is 4.74 Å². The van der Waals surface area contributed by atoms with Gasteiger partial charge >= 0.3 is 0 Å². The van der Waals surface area contributed by atoms with E-state index in [2.05, 4.69) is 40.4 Å². The molecule has 0 saturated carbocycles. The van der Waals surface area contributed by atoms with Crippen molar-refractivity contribution in [2.75, 3.05) is 0 Å². The second kappa shape index (κ2) is 3.69. The third-order valence-corrected chi connectivity index (χ3v) is 3.01. The van der Waals surface area contributed by atoms with Crippen LogP contribution in [-0.2, 0) is 4.74 Å². The lowest BCUT2D eigenvalue weighted by atomic mass is 10.1. The van der Waals surface area contributed by atoms with Gasteiger partial charge in [-0.2, -0.15) is 0 Å². The smallest absolute Gasteiger partial charge is 0.0932 e. The van der Waals surface area contributed by atoms with Gasteiger partial charge in [0.05, 0.1) is 12.2 Å². The zero-order valence-corrected chi connectivity index (χ0v) is 8.93. The Balaban J connectivity index is 2.19. The molecule has 0 aromatic rings. The fourth-order valence-corrected chi connectivity index (χ4v) is 2.11. The Bertz CT molecular complexity index is 319. The maximum Gasteiger partial charge on any atom is 0.0932 e. The molecule has 2 aliphatic heterocycles. The predicted molar refractivity (Wildman–Crippen MR) is 56.4 cm³/mol. The van der Waals surface area contributed by atoms with E-state index in [0.717, 1.165) is 29.3 Å². The van der Waals surface area contributed by atoms with E-state index >= 15 is 0 Å². The second-order valence-corrected chi connectivity index (χ2v) is 4.32. The molecular weight excluding hydrogens is 228 g/mol. The van der Waals surface area contributed by atoms with Gasteiger partial charge in [-0.1, -0.05) is 39.9 Å². The van der Waals surface area contributed by atoms with E-state index in [-0.39, 0.29) is 12.2 Å². The first kappa shape index (κ1) is 9.05. The van der Waals surface area contributed by atoms with Gasteiger partial charge in [-0.05, 0) is 12.5 Å². The van der Waals surface area contributed by atoms with Crippen molar-refractivity contribution in [3.63, 3.8) is 0 Å². The van der Waals surface area contributed by atoms with Gasteiger partial charge in [0.25, 0.3) is 0 Å². The normalized spacial score (nSPS) is 32.4. The third-order valence-electron chi connectivity index (χ3n) is 2.23. The lowest BCUT2D eigenvalue weighted by Gasteiger charge is -2.13. The Morgan fingerprint density at radius 3 is 3.23 bits per heavy atom. The Morgan fingerprint density at radius 1 is 1.54 bits per heavy atom. The molecule has 1 nitrogen and oxygen atoms in total. The Kier molecular flexibility index (Phi) is 2.57. The molecule has 68 valence electrons. The molecule has 2 heteroatoms. The van der Waals surface area contributed by atoms with Gasteiger partial charge in [0, 0.05) is 17.3 Å². The summed E-state index contributed by atoms with van der Waals surface area (Å²) in [5.74, 6) is 6.21. The molecule has 2 atom stereocenters. The monoisotopic (exact) mass is 238 g/mol. The van der Waals surface area contributed by atoms with Gasteiger partial charge in [-0.15, -0.1) is 0 Å². The zero-order chi connectivity index (χ0) is 9.26. The Morgan fingerprint density at radius 2 is 2.38 bits per heavy atom. The van der Waals surface area contributed by atoms with Crippen molar-refractivity contribution in [3.8, 4) is 11.8 Å². The third kappa shape index (κ3) is 2.04. The summed E-state index contributed by atoms with van der Waals surface area (Å²) in [6.07, 6.45) is 4.98. The lowest BCUT2D eigenvalue weighted by Crippen LogP contribution is -2.12. The highest BCUT2D eigenvalue weighted by Gasteiger charge is 2.25. The highest BCUT2D eigenvalue weighted by atomic mass is 79.9. The molecule has 0 aromatic heterocycles. The topological polar surface area (TPSA) is 9.23 Å². The van der Waals surface area contributed by atoms with Crippen LogP contribution in [0.4, 0.5) is 0 Å². The number of fused-ring (bicyclic) bond motifs is 2. The van der Waals surface area contributed by atoms with E-state index in [1.807, 2.05) is 0 Å². The number of hydrogen-bond donors (Lipinski definition) is 0. The van der Waals surface area contributed by atoms with Crippen molar-refractivity contribution in [2.45, 2.75) is 31.5 Å². The van der Waals surface area contributed by atoms with E-state index in [1.54, 1.807) is 0 Å². The molecule has 2 rings (SSSR count). The van der Waals surface area contributed by atoms with E-state index in [1.165, 1.54) is 0 Å². The molecule has 13 heavy (non-hydrogen) atoms. The standard InChI is InChI=1S/C11H11BrO/c1-8-4-2-3-5-9-7-10(12)11(6-8)13-9/h7,9,11H,1,4-6H2/t9-,11+/m1/s1. The fourth-order valence-electron chi connectivity index (χ4n) is 1.55. The first-order chi connectivity index (χ1) is 6.25. The van der Waals surface area contributed by atoms with Crippen LogP contribution in [0.1, 0.15) is 19.3 Å². The average Bonchev–Trinajstić information content (AvgIpc) is 2.44. The molecule has 0 spiro atoms. The van der Waals surface area contributed by atoms with E-state index < -0.39 is 0 Å². The summed E-state index contributed by atoms with van der Waals surface area (Å²) < 4.78 is 6.92. The van der Waals surface area contributed by atoms with E-state index in [0.29, 0.717) is 0 Å². The summed E-state index contributed by atoms with van der Waals surface area (Å²) >= 11 is 3.51. The van der Waals surface area contributed by atoms with Crippen molar-refractivity contribution >= 4 is 15.9 Å². The van der Waals surface area contributed by atoms with Gasteiger partial charge in [-0.25, -0.2) is 0 Å². The highest BCUT2D eigenvalue weighted by Crippen LogP contribution is 2.31. The molecule has 0 radical (unpaired) electrons. The first-order valence-electron chi connectivity index (χ1n) is 4.41. The van der Waals surface area contributed by atoms with Crippen LogP contribution in [0.15, 0.2) is 22.7 Å². The van der Waals surface area contributed by atoms with Gasteiger partial charge in [-0.3, -0.25) is 0 Å². The van der Waals surface area contributed by atoms with Crippen LogP contribution in [0.25, 0.3) is 0 Å². The minimum absolute atomic E-state index is 0.178. The molecule has 0 aromatic carbocycles. The largest absolute Gasteiger partial charge is 0.364 e. The molecule has 2 aliphatic rings. The molecule has 0 amide bonds. The number of ether oxygens (including phenoxy) is 1. The minimum atomic E-state index is 0.178. The molecule has 0 saturated heterocycles. The van der Waals surface area contributed by atoms with E-state index in [4.69, 9.17) is 4.74 Å². The summed E-state index contributed by atoms with van der Waals surface area (Å²) in [5.41, 5.74) is 1.16. The van der Waals surface area contributed by atoms with Crippen molar-refractivity contribution in [1.82, 2.24) is 0 Å². The maximum absolute atomic E-state index is 5.76. The summed E-state index contributed by atoms with van der Waals surface area (Å²) in [7, 11) is 0. The summed E-state index contributed by atoms with van der Waals surface area (Å²) in [6.45, 7) is 3.98. The predicted octanol–water partition coefficient (Wildman–Crippen LogP) is 2.78. The van der Waals surface area contributed by atoms with Crippen molar-refractivity contribution in [2.24, 2.45) is 0 Å². The van der Waals surface area contributed by atoms with Crippen LogP contribution < -0.4 is 0 Å². The molecule has 0 fully saturated rings. The zero-order valence-electron chi connectivity index (χ0n) is 7.35. The molecule has 0 N–H and O–H groups in total. The number of hydrogen-bond acceptors (Lipinski definition) is 1. The Labute approximate surface area is 87.0 Å². The van der Waals surface area contributed by atoms with Crippen LogP contribution in [0.3, 0.4) is 0 Å². The fraction of sp³-hybridized carbons (Fsp3) is 0.455. The lowest BCUT2D eigenvalue weighted by molar-refractivity contribution is 0.0635. The van der Waals surface area contributed by atoms with Gasteiger partial charge in [0.1, 0.15) is 0 Å². The molecular formula is C11H11BrO. The summed E-state index contributed by atoms with van der Waals surface area (Å²) in [5, 5.41) is 0. The first-order valence-corrected chi connectivity index (χ1v) is 5.20. The second-order valence-electron chi connectivity index (χ2n) is 3.40. The molecule has 0 unspecified atom stereocenters. The van der Waals surface area contributed by atoms with Crippen molar-refractivity contribution in [1.29, 1.82) is 0 Å². The van der Waals surface area contributed by atoms with Crippen LogP contribution in [-0.4, -0.2) is 12.2 Å². The number of rotatable bonds is 0. The van der Waals surface area contributed by atoms with Crippen molar-refractivity contribution in [3.05, 3.63) is 22.7 Å². The Hall–Kier alpha value is -0.520. The van der Waals surface area contributed by atoms with Crippen LogP contribution in [0.2, 0.25) is 0 Å². The highest BCUT2D eigenvalue weighted by molar-refractivity contribution is 9.11. The van der Waals surface area contributed by atoms with Gasteiger partial charge in [0.2, 0.25) is 0 Å². The molecule has 2 heterocycles. The molecule has 2 bridgehead atoms. The van der Waals surface area contributed by atoms with Gasteiger partial charge < -0.3 is 4.74 Å². The SMILES string of the molecule is C=C1CC#CC[C@@H]2C=C(Br)[C@H](C1)O2. The summed E-state index contributed by atoms with van der Waals surface area (Å²) in [4.78, 5) is 0. The minimum Gasteiger partial charge on any atom is -0.364 e. The van der Waals surface area contributed by atoms with E-state index in [9.17, 15) is 0 Å². The van der Waals surface area contributed by atoms with Crippen LogP contribution >= 0.6 is 15.9 Å². The quantitative estimate of drug-likeness (QED) is 0.466. The van der Waals surface area contributed by atoms with Crippen LogP contribution in [0.5, 0.6) is 0 Å². The average molecular weight is 239 g/mol. The maximum atomic E-state index is 5.76. The van der Waals surface area contributed by atoms with Crippen LogP contribution in [0, 0.1) is 11.8 Å². The van der Waals surface area contributed by atoms with Gasteiger partial charge in [0.15, 0.2) is 0 Å². The number of halogens is 1.